The number of halogens is 5. The second-order valence-electron chi connectivity index (χ2n) is 7.01. The molecule has 0 aromatic heterocycles. The predicted octanol–water partition coefficient (Wildman–Crippen LogP) is 6.99. The zero-order valence-electron chi connectivity index (χ0n) is 16.8. The molecule has 3 aromatic carbocycles. The molecule has 2 N–H and O–H groups in total. The van der Waals surface area contributed by atoms with E-state index < -0.39 is 17.7 Å². The van der Waals surface area contributed by atoms with Gasteiger partial charge in [0.05, 0.1) is 21.4 Å². The van der Waals surface area contributed by atoms with Crippen LogP contribution in [0.4, 0.5) is 17.1 Å². The first-order valence-electron chi connectivity index (χ1n) is 9.53. The molecular weight excluding hydrogens is 544 g/mol. The average Bonchev–Trinajstić information content (AvgIpc) is 2.99. The van der Waals surface area contributed by atoms with Crippen LogP contribution in [0.5, 0.6) is 0 Å². The van der Waals surface area contributed by atoms with Gasteiger partial charge in [-0.3, -0.25) is 14.4 Å². The first kappa shape index (κ1) is 24.4. The van der Waals surface area contributed by atoms with Gasteiger partial charge in [0, 0.05) is 21.3 Å². The van der Waals surface area contributed by atoms with Gasteiger partial charge in [0.1, 0.15) is 10.7 Å². The molecule has 3 amide bonds. The highest BCUT2D eigenvalue weighted by Crippen LogP contribution is 2.35. The topological polar surface area (TPSA) is 78.5 Å². The van der Waals surface area contributed by atoms with Crippen LogP contribution in [0.25, 0.3) is 0 Å². The second-order valence-corrected chi connectivity index (χ2v) is 9.08. The molecule has 6 nitrogen and oxygen atoms in total. The molecule has 0 aliphatic carbocycles. The third-order valence-electron chi connectivity index (χ3n) is 4.77. The summed E-state index contributed by atoms with van der Waals surface area (Å²) in [6.45, 7) is 0. The number of imide groups is 1. The average molecular weight is 556 g/mol. The SMILES string of the molecule is O=C(Nc1ccc(Cl)cc1Cl)c1ccc(NC2=C(Cl)C(=O)N(c3ccc(Cl)cc3Cl)C2=O)cc1. The Balaban J connectivity index is 1.50. The summed E-state index contributed by atoms with van der Waals surface area (Å²) in [5.74, 6) is -1.81. The van der Waals surface area contributed by atoms with Gasteiger partial charge in [-0.15, -0.1) is 0 Å². The number of carbonyl (C=O) groups excluding carboxylic acids is 3. The molecule has 0 spiro atoms. The van der Waals surface area contributed by atoms with Crippen molar-refractivity contribution in [1.82, 2.24) is 0 Å². The normalized spacial score (nSPS) is 13.5. The fourth-order valence-electron chi connectivity index (χ4n) is 3.13. The van der Waals surface area contributed by atoms with E-state index in [2.05, 4.69) is 10.6 Å². The summed E-state index contributed by atoms with van der Waals surface area (Å²) in [4.78, 5) is 38.9. The molecule has 0 saturated heterocycles. The molecule has 0 unspecified atom stereocenters. The van der Waals surface area contributed by atoms with Crippen LogP contribution in [-0.2, 0) is 9.59 Å². The lowest BCUT2D eigenvalue weighted by molar-refractivity contribution is -0.120. The van der Waals surface area contributed by atoms with Crippen molar-refractivity contribution in [3.63, 3.8) is 0 Å². The van der Waals surface area contributed by atoms with Crippen LogP contribution in [0.3, 0.4) is 0 Å². The molecule has 0 saturated carbocycles. The molecule has 1 aliphatic heterocycles. The number of rotatable bonds is 5. The van der Waals surface area contributed by atoms with E-state index in [4.69, 9.17) is 58.0 Å². The van der Waals surface area contributed by atoms with E-state index >= 15 is 0 Å². The van der Waals surface area contributed by atoms with E-state index in [1.54, 1.807) is 24.3 Å². The number of hydrogen-bond acceptors (Lipinski definition) is 4. The zero-order chi connectivity index (χ0) is 24.6. The van der Waals surface area contributed by atoms with E-state index in [1.165, 1.54) is 36.4 Å². The van der Waals surface area contributed by atoms with Crippen LogP contribution in [-0.4, -0.2) is 17.7 Å². The van der Waals surface area contributed by atoms with Crippen LogP contribution in [0, 0.1) is 0 Å². The van der Waals surface area contributed by atoms with E-state index in [9.17, 15) is 14.4 Å². The van der Waals surface area contributed by atoms with Gasteiger partial charge in [0.15, 0.2) is 0 Å². The van der Waals surface area contributed by atoms with Gasteiger partial charge < -0.3 is 10.6 Å². The van der Waals surface area contributed by atoms with Crippen LogP contribution in [0.1, 0.15) is 10.4 Å². The van der Waals surface area contributed by atoms with Crippen molar-refractivity contribution >= 4 is 92.8 Å². The summed E-state index contributed by atoms with van der Waals surface area (Å²) in [7, 11) is 0. The van der Waals surface area contributed by atoms with Crippen LogP contribution in [0.2, 0.25) is 20.1 Å². The van der Waals surface area contributed by atoms with Crippen LogP contribution in [0.15, 0.2) is 71.4 Å². The minimum absolute atomic E-state index is 0.121. The van der Waals surface area contributed by atoms with Gasteiger partial charge >= 0.3 is 0 Å². The maximum Gasteiger partial charge on any atom is 0.283 e. The van der Waals surface area contributed by atoms with Gasteiger partial charge in [-0.05, 0) is 60.7 Å². The van der Waals surface area contributed by atoms with Crippen molar-refractivity contribution in [2.24, 2.45) is 0 Å². The summed E-state index contributed by atoms with van der Waals surface area (Å²) >= 11 is 30.2. The summed E-state index contributed by atoms with van der Waals surface area (Å²) in [5, 5.41) is 6.45. The standard InChI is InChI=1S/C23H12Cl5N3O3/c24-12-3-7-17(15(26)9-12)30-21(32)11-1-5-14(6-2-11)29-20-19(28)22(33)31(23(20)34)18-8-4-13(25)10-16(18)27/h1-10,29H,(H,30,32). The van der Waals surface area contributed by atoms with Crippen molar-refractivity contribution in [2.75, 3.05) is 15.5 Å². The first-order chi connectivity index (χ1) is 16.2. The van der Waals surface area contributed by atoms with E-state index in [0.717, 1.165) is 4.90 Å². The minimum atomic E-state index is -0.728. The van der Waals surface area contributed by atoms with Gasteiger partial charge in [0.25, 0.3) is 17.7 Å². The van der Waals surface area contributed by atoms with Crippen molar-refractivity contribution in [2.45, 2.75) is 0 Å². The highest BCUT2D eigenvalue weighted by atomic mass is 35.5. The van der Waals surface area contributed by atoms with Crippen molar-refractivity contribution in [3.05, 3.63) is 97.0 Å². The van der Waals surface area contributed by atoms with Crippen LogP contribution >= 0.6 is 58.0 Å². The molecule has 0 fully saturated rings. The Morgan fingerprint density at radius 2 is 1.35 bits per heavy atom. The second kappa shape index (κ2) is 9.86. The Kier molecular flexibility index (Phi) is 7.07. The lowest BCUT2D eigenvalue weighted by atomic mass is 10.2. The zero-order valence-corrected chi connectivity index (χ0v) is 20.6. The molecule has 172 valence electrons. The van der Waals surface area contributed by atoms with Crippen LogP contribution < -0.4 is 15.5 Å². The Morgan fingerprint density at radius 3 is 1.97 bits per heavy atom. The number of hydrogen-bond donors (Lipinski definition) is 2. The van der Waals surface area contributed by atoms with Crippen molar-refractivity contribution < 1.29 is 14.4 Å². The smallest absolute Gasteiger partial charge is 0.283 e. The summed E-state index contributed by atoms with van der Waals surface area (Å²) in [6, 6.07) is 15.3. The Morgan fingerprint density at radius 1 is 0.735 bits per heavy atom. The van der Waals surface area contributed by atoms with E-state index in [1.807, 2.05) is 0 Å². The Bertz CT molecular complexity index is 1370. The maximum absolute atomic E-state index is 12.9. The lowest BCUT2D eigenvalue weighted by Crippen LogP contribution is -2.32. The van der Waals surface area contributed by atoms with Gasteiger partial charge in [-0.2, -0.15) is 0 Å². The Hall–Kier alpha value is -2.74. The molecule has 4 rings (SSSR count). The molecule has 1 heterocycles. The molecule has 3 aromatic rings. The highest BCUT2D eigenvalue weighted by molar-refractivity contribution is 6.54. The fourth-order valence-corrected chi connectivity index (χ4v) is 4.29. The molecule has 0 atom stereocenters. The summed E-state index contributed by atoms with van der Waals surface area (Å²) in [5.41, 5.74) is 1.21. The van der Waals surface area contributed by atoms with Gasteiger partial charge in [0.2, 0.25) is 0 Å². The maximum atomic E-state index is 12.9. The fraction of sp³-hybridized carbons (Fsp3) is 0. The lowest BCUT2D eigenvalue weighted by Gasteiger charge is -2.16. The van der Waals surface area contributed by atoms with Gasteiger partial charge in [-0.25, -0.2) is 4.90 Å². The monoisotopic (exact) mass is 553 g/mol. The number of anilines is 3. The van der Waals surface area contributed by atoms with Crippen molar-refractivity contribution in [3.8, 4) is 0 Å². The number of carbonyl (C=O) groups is 3. The third-order valence-corrected chi connectivity index (χ3v) is 6.21. The quantitative estimate of drug-likeness (QED) is 0.333. The third kappa shape index (κ3) is 4.87. The molecule has 1 aliphatic rings. The van der Waals surface area contributed by atoms with E-state index in [0.29, 0.717) is 32.0 Å². The molecule has 0 radical (unpaired) electrons. The molecule has 11 heteroatoms. The number of amides is 3. The predicted molar refractivity (Wildman–Crippen MR) is 136 cm³/mol. The van der Waals surface area contributed by atoms with E-state index in [-0.39, 0.29) is 21.4 Å². The van der Waals surface area contributed by atoms with Crippen molar-refractivity contribution in [1.29, 1.82) is 0 Å². The number of nitrogens with one attached hydrogen (secondary N) is 2. The first-order valence-corrected chi connectivity index (χ1v) is 11.4. The number of benzene rings is 3. The highest BCUT2D eigenvalue weighted by Gasteiger charge is 2.39. The van der Waals surface area contributed by atoms with Gasteiger partial charge in [-0.1, -0.05) is 58.0 Å². The largest absolute Gasteiger partial charge is 0.350 e. The molecule has 0 bridgehead atoms. The molecular formula is C23H12Cl5N3O3. The Labute approximate surface area is 219 Å². The number of nitrogens with zero attached hydrogens (tertiary/aromatic N) is 1. The minimum Gasteiger partial charge on any atom is -0.350 e. The summed E-state index contributed by atoms with van der Waals surface area (Å²) in [6.07, 6.45) is 0. The summed E-state index contributed by atoms with van der Waals surface area (Å²) < 4.78 is 0. The molecule has 34 heavy (non-hydrogen) atoms.